The molecule has 2 aliphatic rings. The lowest BCUT2D eigenvalue weighted by molar-refractivity contribution is -0.142. The summed E-state index contributed by atoms with van der Waals surface area (Å²) in [5, 5.41) is 4.86. The van der Waals surface area contributed by atoms with Crippen molar-refractivity contribution in [1.29, 1.82) is 0 Å². The highest BCUT2D eigenvalue weighted by molar-refractivity contribution is 7.19. The van der Waals surface area contributed by atoms with Crippen LogP contribution in [-0.2, 0) is 22.4 Å². The van der Waals surface area contributed by atoms with Crippen LogP contribution < -0.4 is 5.32 Å². The quantitative estimate of drug-likeness (QED) is 0.711. The van der Waals surface area contributed by atoms with E-state index in [-0.39, 0.29) is 0 Å². The zero-order valence-electron chi connectivity index (χ0n) is 15.6. The molecule has 0 bridgehead atoms. The summed E-state index contributed by atoms with van der Waals surface area (Å²) in [7, 11) is 0. The summed E-state index contributed by atoms with van der Waals surface area (Å²) < 4.78 is 5.25. The number of benzene rings is 1. The standard InChI is InChI=1S/C20H19N5O3S/c26-20(28-25-8-10-27-11-9-25)24-19-22-15-7-6-14-12-21-18(13-4-2-1-3-5-13)23-16(14)17(15)29-19/h1-5,12H,6-11H2,(H,22,24,26). The molecule has 1 aromatic carbocycles. The van der Waals surface area contributed by atoms with Crippen molar-refractivity contribution < 1.29 is 14.4 Å². The molecule has 0 atom stereocenters. The van der Waals surface area contributed by atoms with E-state index in [1.807, 2.05) is 36.5 Å². The first-order valence-corrected chi connectivity index (χ1v) is 10.3. The van der Waals surface area contributed by atoms with Gasteiger partial charge in [0, 0.05) is 11.8 Å². The topological polar surface area (TPSA) is 89.5 Å². The van der Waals surface area contributed by atoms with Gasteiger partial charge in [0.15, 0.2) is 11.0 Å². The molecule has 0 saturated carbocycles. The Morgan fingerprint density at radius 3 is 2.79 bits per heavy atom. The second-order valence-corrected chi connectivity index (χ2v) is 7.77. The highest BCUT2D eigenvalue weighted by Crippen LogP contribution is 2.39. The van der Waals surface area contributed by atoms with Crippen LogP contribution in [0.2, 0.25) is 0 Å². The number of carbonyl (C=O) groups is 1. The van der Waals surface area contributed by atoms with Crippen LogP contribution in [0, 0.1) is 0 Å². The molecule has 9 heteroatoms. The van der Waals surface area contributed by atoms with Crippen LogP contribution in [0.4, 0.5) is 9.93 Å². The molecule has 3 aromatic rings. The van der Waals surface area contributed by atoms with E-state index in [2.05, 4.69) is 15.3 Å². The minimum Gasteiger partial charge on any atom is -0.379 e. The van der Waals surface area contributed by atoms with E-state index < -0.39 is 6.09 Å². The number of morpholine rings is 1. The Hall–Kier alpha value is -2.88. The Labute approximate surface area is 171 Å². The number of hydrogen-bond acceptors (Lipinski definition) is 8. The molecule has 1 saturated heterocycles. The normalized spacial score (nSPS) is 16.0. The lowest BCUT2D eigenvalue weighted by Gasteiger charge is -2.24. The summed E-state index contributed by atoms with van der Waals surface area (Å²) >= 11 is 1.42. The smallest absolute Gasteiger partial charge is 0.379 e. The number of nitrogens with one attached hydrogen (secondary N) is 1. The van der Waals surface area contributed by atoms with Gasteiger partial charge < -0.3 is 9.57 Å². The molecular formula is C20H19N5O3S. The third kappa shape index (κ3) is 3.84. The van der Waals surface area contributed by atoms with E-state index in [1.54, 1.807) is 5.06 Å². The summed E-state index contributed by atoms with van der Waals surface area (Å²) in [6.07, 6.45) is 2.99. The number of aromatic nitrogens is 3. The van der Waals surface area contributed by atoms with Crippen LogP contribution in [0.25, 0.3) is 22.0 Å². The molecule has 3 heterocycles. The first-order valence-electron chi connectivity index (χ1n) is 9.49. The summed E-state index contributed by atoms with van der Waals surface area (Å²) in [6, 6.07) is 9.90. The van der Waals surface area contributed by atoms with Crippen LogP contribution in [0.5, 0.6) is 0 Å². The Morgan fingerprint density at radius 2 is 1.97 bits per heavy atom. The van der Waals surface area contributed by atoms with E-state index in [0.717, 1.165) is 40.2 Å². The van der Waals surface area contributed by atoms with Gasteiger partial charge in [-0.1, -0.05) is 41.7 Å². The maximum absolute atomic E-state index is 12.2. The highest BCUT2D eigenvalue weighted by atomic mass is 32.1. The fraction of sp³-hybridized carbons (Fsp3) is 0.300. The SMILES string of the molecule is O=C(Nc1nc2c(s1)-c1nc(-c3ccccc3)ncc1CC2)ON1CCOCC1. The molecule has 0 spiro atoms. The molecule has 1 N–H and O–H groups in total. The number of ether oxygens (including phenoxy) is 1. The van der Waals surface area contributed by atoms with Crippen molar-refractivity contribution in [1.82, 2.24) is 20.0 Å². The average molecular weight is 409 g/mol. The molecule has 1 aliphatic carbocycles. The third-order valence-corrected chi connectivity index (χ3v) is 5.85. The van der Waals surface area contributed by atoms with E-state index >= 15 is 0 Å². The third-order valence-electron chi connectivity index (χ3n) is 4.83. The van der Waals surface area contributed by atoms with Gasteiger partial charge in [-0.2, -0.15) is 0 Å². The van der Waals surface area contributed by atoms with Crippen molar-refractivity contribution >= 4 is 22.6 Å². The minimum atomic E-state index is -0.536. The van der Waals surface area contributed by atoms with Gasteiger partial charge in [0.05, 0.1) is 42.6 Å². The molecule has 29 heavy (non-hydrogen) atoms. The maximum Gasteiger partial charge on any atom is 0.432 e. The van der Waals surface area contributed by atoms with Crippen molar-refractivity contribution in [2.45, 2.75) is 12.8 Å². The van der Waals surface area contributed by atoms with Crippen LogP contribution in [-0.4, -0.2) is 52.4 Å². The van der Waals surface area contributed by atoms with Crippen LogP contribution in [0.1, 0.15) is 11.3 Å². The number of nitrogens with zero attached hydrogens (tertiary/aromatic N) is 4. The Kier molecular flexibility index (Phi) is 4.92. The predicted molar refractivity (Wildman–Crippen MR) is 108 cm³/mol. The molecule has 5 rings (SSSR count). The number of thiazole rings is 1. The number of rotatable bonds is 3. The summed E-state index contributed by atoms with van der Waals surface area (Å²) in [5.41, 5.74) is 3.91. The zero-order chi connectivity index (χ0) is 19.6. The number of amides is 1. The molecule has 0 radical (unpaired) electrons. The summed E-state index contributed by atoms with van der Waals surface area (Å²) in [4.78, 5) is 32.4. The molecule has 0 unspecified atom stereocenters. The summed E-state index contributed by atoms with van der Waals surface area (Å²) in [6.45, 7) is 2.24. The molecule has 1 fully saturated rings. The summed E-state index contributed by atoms with van der Waals surface area (Å²) in [5.74, 6) is 0.687. The van der Waals surface area contributed by atoms with Gasteiger partial charge in [0.25, 0.3) is 0 Å². The Bertz CT molecular complexity index is 1030. The number of hydroxylamine groups is 2. The monoisotopic (exact) mass is 409 g/mol. The lowest BCUT2D eigenvalue weighted by Crippen LogP contribution is -2.39. The van der Waals surface area contributed by atoms with Gasteiger partial charge in [0.2, 0.25) is 0 Å². The van der Waals surface area contributed by atoms with Gasteiger partial charge in [0.1, 0.15) is 0 Å². The van der Waals surface area contributed by atoms with Crippen molar-refractivity contribution in [3.05, 3.63) is 47.8 Å². The largest absolute Gasteiger partial charge is 0.432 e. The number of carbonyl (C=O) groups excluding carboxylic acids is 1. The number of hydrogen-bond donors (Lipinski definition) is 1. The van der Waals surface area contributed by atoms with Crippen LogP contribution >= 0.6 is 11.3 Å². The molecule has 8 nitrogen and oxygen atoms in total. The van der Waals surface area contributed by atoms with Gasteiger partial charge in [-0.3, -0.25) is 5.32 Å². The van der Waals surface area contributed by atoms with Crippen LogP contribution in [0.15, 0.2) is 36.5 Å². The van der Waals surface area contributed by atoms with E-state index in [0.29, 0.717) is 37.3 Å². The lowest BCUT2D eigenvalue weighted by atomic mass is 9.99. The molecule has 148 valence electrons. The molecule has 1 aliphatic heterocycles. The van der Waals surface area contributed by atoms with E-state index in [4.69, 9.17) is 14.6 Å². The Balaban J connectivity index is 1.37. The fourth-order valence-corrected chi connectivity index (χ4v) is 4.41. The van der Waals surface area contributed by atoms with Gasteiger partial charge in [-0.15, -0.1) is 5.06 Å². The van der Waals surface area contributed by atoms with Crippen molar-refractivity contribution in [3.8, 4) is 22.0 Å². The van der Waals surface area contributed by atoms with Crippen molar-refractivity contribution in [2.75, 3.05) is 31.6 Å². The minimum absolute atomic E-state index is 0.515. The van der Waals surface area contributed by atoms with Crippen LogP contribution in [0.3, 0.4) is 0 Å². The zero-order valence-corrected chi connectivity index (χ0v) is 16.4. The molecule has 1 amide bonds. The van der Waals surface area contributed by atoms with Gasteiger partial charge in [-0.05, 0) is 18.4 Å². The van der Waals surface area contributed by atoms with Crippen molar-refractivity contribution in [2.24, 2.45) is 0 Å². The fourth-order valence-electron chi connectivity index (χ4n) is 3.39. The first-order chi connectivity index (χ1) is 14.3. The maximum atomic E-state index is 12.2. The van der Waals surface area contributed by atoms with E-state index in [1.165, 1.54) is 11.3 Å². The Morgan fingerprint density at radius 1 is 1.14 bits per heavy atom. The van der Waals surface area contributed by atoms with E-state index in [9.17, 15) is 4.79 Å². The van der Waals surface area contributed by atoms with Gasteiger partial charge >= 0.3 is 6.09 Å². The number of anilines is 1. The second-order valence-electron chi connectivity index (χ2n) is 6.77. The molecular weight excluding hydrogens is 390 g/mol. The highest BCUT2D eigenvalue weighted by Gasteiger charge is 2.25. The predicted octanol–water partition coefficient (Wildman–Crippen LogP) is 3.16. The number of aryl methyl sites for hydroxylation is 2. The van der Waals surface area contributed by atoms with Crippen molar-refractivity contribution in [3.63, 3.8) is 0 Å². The molecule has 2 aromatic heterocycles. The number of fused-ring (bicyclic) bond motifs is 3. The first kappa shape index (κ1) is 18.2. The van der Waals surface area contributed by atoms with Gasteiger partial charge in [-0.25, -0.2) is 19.7 Å². The second kappa shape index (κ2) is 7.86. The average Bonchev–Trinajstić information content (AvgIpc) is 3.17.